The van der Waals surface area contributed by atoms with Crippen LogP contribution in [-0.2, 0) is 4.79 Å². The zero-order valence-electron chi connectivity index (χ0n) is 11.4. The normalized spacial score (nSPS) is 17.5. The average molecular weight is 257 g/mol. The van der Waals surface area contributed by atoms with Gasteiger partial charge >= 0.3 is 0 Å². The Bertz CT molecular complexity index is 512. The highest BCUT2D eigenvalue weighted by Crippen LogP contribution is 2.31. The Labute approximate surface area is 114 Å². The number of benzene rings is 1. The molecule has 1 aliphatic rings. The molecule has 1 saturated heterocycles. The van der Waals surface area contributed by atoms with Crippen LogP contribution in [0.1, 0.15) is 25.3 Å². The zero-order valence-corrected chi connectivity index (χ0v) is 11.4. The smallest absolute Gasteiger partial charge is 0.232 e. The lowest BCUT2D eigenvalue weighted by molar-refractivity contribution is -0.128. The first-order valence-electron chi connectivity index (χ1n) is 6.56. The molecule has 0 saturated carbocycles. The fourth-order valence-electron chi connectivity index (χ4n) is 2.50. The lowest BCUT2D eigenvalue weighted by Crippen LogP contribution is -2.46. The number of nitrogens with zero attached hydrogens (tertiary/aromatic N) is 2. The number of rotatable bonds is 2. The molecule has 2 rings (SSSR count). The van der Waals surface area contributed by atoms with Gasteiger partial charge in [-0.2, -0.15) is 5.26 Å². The monoisotopic (exact) mass is 257 g/mol. The molecule has 0 atom stereocenters. The van der Waals surface area contributed by atoms with Crippen molar-refractivity contribution in [2.75, 3.05) is 25.0 Å². The molecule has 1 aliphatic heterocycles. The highest BCUT2D eigenvalue weighted by atomic mass is 16.2. The molecule has 1 aromatic carbocycles. The Hall–Kier alpha value is -1.86. The summed E-state index contributed by atoms with van der Waals surface area (Å²) < 4.78 is 0. The number of nitrogens with one attached hydrogen (secondary N) is 1. The molecule has 19 heavy (non-hydrogen) atoms. The van der Waals surface area contributed by atoms with Crippen molar-refractivity contribution in [3.8, 4) is 6.07 Å². The van der Waals surface area contributed by atoms with Crippen molar-refractivity contribution in [3.63, 3.8) is 0 Å². The van der Waals surface area contributed by atoms with Crippen molar-refractivity contribution in [1.82, 2.24) is 5.32 Å². The van der Waals surface area contributed by atoms with Crippen molar-refractivity contribution >= 4 is 11.6 Å². The van der Waals surface area contributed by atoms with Crippen molar-refractivity contribution in [1.29, 1.82) is 5.26 Å². The third-order valence-electron chi connectivity index (χ3n) is 3.89. The lowest BCUT2D eigenvalue weighted by Gasteiger charge is -2.36. The van der Waals surface area contributed by atoms with E-state index in [1.165, 1.54) is 0 Å². The lowest BCUT2D eigenvalue weighted by atomic mass is 9.79. The Kier molecular flexibility index (Phi) is 3.87. The highest BCUT2D eigenvalue weighted by molar-refractivity contribution is 5.97. The van der Waals surface area contributed by atoms with Gasteiger partial charge in [0.25, 0.3) is 0 Å². The summed E-state index contributed by atoms with van der Waals surface area (Å²) in [5, 5.41) is 12.2. The van der Waals surface area contributed by atoms with Gasteiger partial charge in [-0.05, 0) is 44.1 Å². The van der Waals surface area contributed by atoms with Gasteiger partial charge in [0.05, 0.1) is 11.6 Å². The molecule has 1 fully saturated rings. The molecule has 0 unspecified atom stereocenters. The number of amides is 1. The van der Waals surface area contributed by atoms with Crippen molar-refractivity contribution < 1.29 is 4.79 Å². The van der Waals surface area contributed by atoms with E-state index < -0.39 is 0 Å². The predicted octanol–water partition coefficient (Wildman–Crippen LogP) is 1.91. The molecule has 1 amide bonds. The molecule has 100 valence electrons. The van der Waals surface area contributed by atoms with E-state index in [1.54, 1.807) is 24.1 Å². The van der Waals surface area contributed by atoms with Crippen molar-refractivity contribution in [3.05, 3.63) is 29.8 Å². The minimum Gasteiger partial charge on any atom is -0.317 e. The van der Waals surface area contributed by atoms with Crippen LogP contribution in [0.2, 0.25) is 0 Å². The number of piperidine rings is 1. The summed E-state index contributed by atoms with van der Waals surface area (Å²) in [5.41, 5.74) is 1.05. The molecule has 0 aliphatic carbocycles. The van der Waals surface area contributed by atoms with Gasteiger partial charge in [-0.3, -0.25) is 4.79 Å². The zero-order chi connectivity index (χ0) is 13.9. The maximum absolute atomic E-state index is 12.6. The SMILES string of the molecule is CN(C(=O)C1(C)CCNCC1)c1cccc(C#N)c1. The summed E-state index contributed by atoms with van der Waals surface area (Å²) >= 11 is 0. The van der Waals surface area contributed by atoms with Crippen LogP contribution < -0.4 is 10.2 Å². The van der Waals surface area contributed by atoms with Gasteiger partial charge in [-0.25, -0.2) is 0 Å². The molecule has 4 nitrogen and oxygen atoms in total. The molecule has 1 aromatic rings. The van der Waals surface area contributed by atoms with Gasteiger partial charge < -0.3 is 10.2 Å². The van der Waals surface area contributed by atoms with Gasteiger partial charge in [-0.15, -0.1) is 0 Å². The van der Waals surface area contributed by atoms with Crippen LogP contribution in [0.25, 0.3) is 0 Å². The van der Waals surface area contributed by atoms with E-state index in [0.29, 0.717) is 5.56 Å². The fraction of sp³-hybridized carbons (Fsp3) is 0.467. The first-order chi connectivity index (χ1) is 9.07. The molecule has 0 spiro atoms. The maximum Gasteiger partial charge on any atom is 0.232 e. The van der Waals surface area contributed by atoms with E-state index >= 15 is 0 Å². The Morgan fingerprint density at radius 3 is 2.74 bits per heavy atom. The average Bonchev–Trinajstić information content (AvgIpc) is 2.46. The highest BCUT2D eigenvalue weighted by Gasteiger charge is 2.36. The summed E-state index contributed by atoms with van der Waals surface area (Å²) in [7, 11) is 1.78. The van der Waals surface area contributed by atoms with E-state index in [1.807, 2.05) is 19.1 Å². The van der Waals surface area contributed by atoms with Gasteiger partial charge in [0.2, 0.25) is 5.91 Å². The first-order valence-corrected chi connectivity index (χ1v) is 6.56. The van der Waals surface area contributed by atoms with Crippen LogP contribution in [0, 0.1) is 16.7 Å². The topological polar surface area (TPSA) is 56.1 Å². The van der Waals surface area contributed by atoms with E-state index in [0.717, 1.165) is 31.6 Å². The third kappa shape index (κ3) is 2.77. The molecular weight excluding hydrogens is 238 g/mol. The second kappa shape index (κ2) is 5.41. The summed E-state index contributed by atoms with van der Waals surface area (Å²) in [4.78, 5) is 14.3. The van der Waals surface area contributed by atoms with E-state index in [-0.39, 0.29) is 11.3 Å². The number of hydrogen-bond donors (Lipinski definition) is 1. The third-order valence-corrected chi connectivity index (χ3v) is 3.89. The minimum absolute atomic E-state index is 0.129. The maximum atomic E-state index is 12.6. The molecular formula is C15H19N3O. The number of hydrogen-bond acceptors (Lipinski definition) is 3. The molecule has 0 radical (unpaired) electrons. The molecule has 1 N–H and O–H groups in total. The predicted molar refractivity (Wildman–Crippen MR) is 74.8 cm³/mol. The number of anilines is 1. The van der Waals surface area contributed by atoms with Crippen LogP contribution in [0.15, 0.2) is 24.3 Å². The first kappa shape index (κ1) is 13.6. The number of nitriles is 1. The Morgan fingerprint density at radius 2 is 2.11 bits per heavy atom. The minimum atomic E-state index is -0.303. The number of carbonyl (C=O) groups is 1. The summed E-state index contributed by atoms with van der Waals surface area (Å²) in [6.45, 7) is 3.80. The van der Waals surface area contributed by atoms with Crippen molar-refractivity contribution in [2.45, 2.75) is 19.8 Å². The summed E-state index contributed by atoms with van der Waals surface area (Å²) in [6.07, 6.45) is 1.71. The Morgan fingerprint density at radius 1 is 1.42 bits per heavy atom. The van der Waals surface area contributed by atoms with Gasteiger partial charge in [0, 0.05) is 18.2 Å². The van der Waals surface area contributed by atoms with E-state index in [4.69, 9.17) is 5.26 Å². The summed E-state index contributed by atoms with van der Waals surface area (Å²) in [5.74, 6) is 0.129. The fourth-order valence-corrected chi connectivity index (χ4v) is 2.50. The van der Waals surface area contributed by atoms with E-state index in [2.05, 4.69) is 11.4 Å². The molecule has 0 aromatic heterocycles. The van der Waals surface area contributed by atoms with E-state index in [9.17, 15) is 4.79 Å². The van der Waals surface area contributed by atoms with Gasteiger partial charge in [0.15, 0.2) is 0 Å². The standard InChI is InChI=1S/C15H19N3O/c1-15(6-8-17-9-7-15)14(19)18(2)13-5-3-4-12(10-13)11-16/h3-5,10,17H,6-9H2,1-2H3. The number of carbonyl (C=O) groups excluding carboxylic acids is 1. The van der Waals surface area contributed by atoms with Crippen LogP contribution in [0.4, 0.5) is 5.69 Å². The van der Waals surface area contributed by atoms with Gasteiger partial charge in [-0.1, -0.05) is 13.0 Å². The quantitative estimate of drug-likeness (QED) is 0.880. The van der Waals surface area contributed by atoms with Crippen molar-refractivity contribution in [2.24, 2.45) is 5.41 Å². The van der Waals surface area contributed by atoms with Crippen LogP contribution in [-0.4, -0.2) is 26.0 Å². The largest absolute Gasteiger partial charge is 0.317 e. The molecule has 1 heterocycles. The Balaban J connectivity index is 2.20. The van der Waals surface area contributed by atoms with Gasteiger partial charge in [0.1, 0.15) is 0 Å². The second-order valence-electron chi connectivity index (χ2n) is 5.34. The van der Waals surface area contributed by atoms with Crippen LogP contribution >= 0.6 is 0 Å². The summed E-state index contributed by atoms with van der Waals surface area (Å²) in [6, 6.07) is 9.27. The van der Waals surface area contributed by atoms with Crippen LogP contribution in [0.5, 0.6) is 0 Å². The van der Waals surface area contributed by atoms with Crippen LogP contribution in [0.3, 0.4) is 0 Å². The second-order valence-corrected chi connectivity index (χ2v) is 5.34. The molecule has 0 bridgehead atoms. The molecule has 4 heteroatoms.